The summed E-state index contributed by atoms with van der Waals surface area (Å²) in [6.07, 6.45) is 1.19. The van der Waals surface area contributed by atoms with Crippen molar-refractivity contribution in [3.63, 3.8) is 0 Å². The Hall–Kier alpha value is -1.79. The lowest BCUT2D eigenvalue weighted by Crippen LogP contribution is -2.59. The number of halogens is 1. The number of hydrogen-bond acceptors (Lipinski definition) is 4. The van der Waals surface area contributed by atoms with E-state index in [1.165, 1.54) is 10.6 Å². The second-order valence-corrected chi connectivity index (χ2v) is 7.55. The van der Waals surface area contributed by atoms with Gasteiger partial charge in [-0.25, -0.2) is 4.79 Å². The number of amides is 3. The molecule has 2 heterocycles. The Morgan fingerprint density at radius 1 is 1.00 bits per heavy atom. The highest BCUT2D eigenvalue weighted by molar-refractivity contribution is 5.97. The summed E-state index contributed by atoms with van der Waals surface area (Å²) in [4.78, 5) is 30.4. The van der Waals surface area contributed by atoms with Crippen molar-refractivity contribution in [2.24, 2.45) is 0 Å². The number of nitrogens with one attached hydrogen (secondary N) is 1. The van der Waals surface area contributed by atoms with E-state index >= 15 is 0 Å². The van der Waals surface area contributed by atoms with E-state index in [0.29, 0.717) is 13.0 Å². The number of anilines is 1. The fourth-order valence-corrected chi connectivity index (χ4v) is 3.54. The number of urea groups is 1. The number of rotatable bonds is 5. The molecule has 0 atom stereocenters. The maximum absolute atomic E-state index is 12.1. The summed E-state index contributed by atoms with van der Waals surface area (Å²) in [7, 11) is 0. The highest BCUT2D eigenvalue weighted by atomic mass is 35.5. The van der Waals surface area contributed by atoms with Crippen molar-refractivity contribution in [3.05, 3.63) is 30.3 Å². The van der Waals surface area contributed by atoms with Crippen LogP contribution in [0.1, 0.15) is 26.7 Å². The molecular weight excluding hydrogens is 352 g/mol. The van der Waals surface area contributed by atoms with Crippen molar-refractivity contribution in [1.29, 1.82) is 0 Å². The van der Waals surface area contributed by atoms with E-state index < -0.39 is 5.54 Å². The van der Waals surface area contributed by atoms with Crippen LogP contribution in [-0.2, 0) is 4.79 Å². The first-order chi connectivity index (χ1) is 11.9. The number of carbonyl (C=O) groups excluding carboxylic acids is 2. The first kappa shape index (κ1) is 20.5. The fourth-order valence-electron chi connectivity index (χ4n) is 3.54. The SMILES string of the molecule is CC1(C)CC(=O)N(CCCN2CCN(c3ccccc3)CC2)C(=O)N1.Cl. The van der Waals surface area contributed by atoms with E-state index in [-0.39, 0.29) is 24.3 Å². The number of carbonyl (C=O) groups is 2. The molecule has 2 saturated heterocycles. The normalized spacial score (nSPS) is 20.5. The van der Waals surface area contributed by atoms with Crippen LogP contribution in [-0.4, -0.2) is 66.5 Å². The first-order valence-corrected chi connectivity index (χ1v) is 9.09. The minimum absolute atomic E-state index is 0. The molecule has 0 unspecified atom stereocenters. The van der Waals surface area contributed by atoms with Gasteiger partial charge in [0, 0.05) is 50.4 Å². The highest BCUT2D eigenvalue weighted by Gasteiger charge is 2.36. The van der Waals surface area contributed by atoms with Gasteiger partial charge in [-0.15, -0.1) is 12.4 Å². The van der Waals surface area contributed by atoms with Gasteiger partial charge in [-0.3, -0.25) is 14.6 Å². The van der Waals surface area contributed by atoms with Crippen LogP contribution >= 0.6 is 12.4 Å². The van der Waals surface area contributed by atoms with Gasteiger partial charge in [-0.2, -0.15) is 0 Å². The molecule has 1 N–H and O–H groups in total. The van der Waals surface area contributed by atoms with Crippen molar-refractivity contribution >= 4 is 30.0 Å². The topological polar surface area (TPSA) is 55.9 Å². The number of hydrogen-bond donors (Lipinski definition) is 1. The second kappa shape index (κ2) is 8.73. The fraction of sp³-hybridized carbons (Fsp3) is 0.579. The quantitative estimate of drug-likeness (QED) is 0.851. The predicted octanol–water partition coefficient (Wildman–Crippen LogP) is 2.34. The van der Waals surface area contributed by atoms with E-state index in [2.05, 4.69) is 39.4 Å². The maximum Gasteiger partial charge on any atom is 0.324 e. The van der Waals surface area contributed by atoms with Gasteiger partial charge in [0.05, 0.1) is 0 Å². The lowest BCUT2D eigenvalue weighted by atomic mass is 9.98. The zero-order chi connectivity index (χ0) is 17.9. The molecule has 0 bridgehead atoms. The Morgan fingerprint density at radius 3 is 2.27 bits per heavy atom. The Bertz CT molecular complexity index is 595. The summed E-state index contributed by atoms with van der Waals surface area (Å²) >= 11 is 0. The van der Waals surface area contributed by atoms with E-state index in [4.69, 9.17) is 0 Å². The molecule has 26 heavy (non-hydrogen) atoms. The molecule has 0 spiro atoms. The summed E-state index contributed by atoms with van der Waals surface area (Å²) in [6, 6.07) is 10.2. The summed E-state index contributed by atoms with van der Waals surface area (Å²) < 4.78 is 0. The molecule has 2 aliphatic rings. The minimum atomic E-state index is -0.432. The number of piperazine rings is 1. The van der Waals surface area contributed by atoms with Gasteiger partial charge in [0.2, 0.25) is 5.91 Å². The number of imide groups is 1. The van der Waals surface area contributed by atoms with Crippen molar-refractivity contribution in [2.75, 3.05) is 44.2 Å². The van der Waals surface area contributed by atoms with Crippen LogP contribution < -0.4 is 10.2 Å². The van der Waals surface area contributed by atoms with E-state index in [0.717, 1.165) is 39.1 Å². The van der Waals surface area contributed by atoms with Crippen molar-refractivity contribution < 1.29 is 9.59 Å². The molecule has 0 aromatic heterocycles. The molecule has 3 amide bonds. The third-order valence-electron chi connectivity index (χ3n) is 4.93. The summed E-state index contributed by atoms with van der Waals surface area (Å²) in [6.45, 7) is 9.24. The molecule has 3 rings (SSSR count). The van der Waals surface area contributed by atoms with E-state index in [1.807, 2.05) is 19.9 Å². The Morgan fingerprint density at radius 2 is 1.65 bits per heavy atom. The smallest absolute Gasteiger partial charge is 0.324 e. The summed E-state index contributed by atoms with van der Waals surface area (Å²) in [5, 5.41) is 2.89. The van der Waals surface area contributed by atoms with Gasteiger partial charge in [0.1, 0.15) is 0 Å². The first-order valence-electron chi connectivity index (χ1n) is 9.09. The molecule has 1 aromatic rings. The van der Waals surface area contributed by atoms with Crippen molar-refractivity contribution in [1.82, 2.24) is 15.1 Å². The van der Waals surface area contributed by atoms with Crippen LogP contribution in [0.4, 0.5) is 10.5 Å². The van der Waals surface area contributed by atoms with Gasteiger partial charge < -0.3 is 10.2 Å². The Labute approximate surface area is 161 Å². The van der Waals surface area contributed by atoms with Crippen LogP contribution in [0.15, 0.2) is 30.3 Å². The number of para-hydroxylation sites is 1. The third-order valence-corrected chi connectivity index (χ3v) is 4.93. The molecule has 7 heteroatoms. The second-order valence-electron chi connectivity index (χ2n) is 7.55. The lowest BCUT2D eigenvalue weighted by Gasteiger charge is -2.38. The van der Waals surface area contributed by atoms with Crippen molar-refractivity contribution in [3.8, 4) is 0 Å². The van der Waals surface area contributed by atoms with Crippen LogP contribution in [0.25, 0.3) is 0 Å². The molecule has 0 radical (unpaired) electrons. The average Bonchev–Trinajstić information content (AvgIpc) is 2.58. The molecule has 2 aliphatic heterocycles. The molecule has 144 valence electrons. The summed E-state index contributed by atoms with van der Waals surface area (Å²) in [5.41, 5.74) is 0.846. The van der Waals surface area contributed by atoms with Crippen molar-refractivity contribution in [2.45, 2.75) is 32.2 Å². The van der Waals surface area contributed by atoms with Gasteiger partial charge in [0.25, 0.3) is 0 Å². The molecule has 2 fully saturated rings. The number of benzene rings is 1. The molecule has 0 saturated carbocycles. The molecular formula is C19H29ClN4O2. The van der Waals surface area contributed by atoms with E-state index in [9.17, 15) is 9.59 Å². The minimum Gasteiger partial charge on any atom is -0.369 e. The van der Waals surface area contributed by atoms with Gasteiger partial charge in [0.15, 0.2) is 0 Å². The zero-order valence-electron chi connectivity index (χ0n) is 15.6. The maximum atomic E-state index is 12.1. The highest BCUT2D eigenvalue weighted by Crippen LogP contribution is 2.18. The lowest BCUT2D eigenvalue weighted by molar-refractivity contribution is -0.131. The van der Waals surface area contributed by atoms with E-state index in [1.54, 1.807) is 0 Å². The van der Waals surface area contributed by atoms with Gasteiger partial charge in [-0.1, -0.05) is 18.2 Å². The Kier molecular flexibility index (Phi) is 6.89. The largest absolute Gasteiger partial charge is 0.369 e. The predicted molar refractivity (Wildman–Crippen MR) is 106 cm³/mol. The van der Waals surface area contributed by atoms with Gasteiger partial charge in [-0.05, 0) is 38.9 Å². The zero-order valence-corrected chi connectivity index (χ0v) is 16.4. The standard InChI is InChI=1S/C19H28N4O2.ClH/c1-19(2)15-17(24)23(18(25)20-19)10-6-9-21-11-13-22(14-12-21)16-7-4-3-5-8-16;/h3-5,7-8H,6,9-15H2,1-2H3,(H,20,25);1H. The third kappa shape index (κ3) is 5.11. The van der Waals surface area contributed by atoms with Crippen LogP contribution in [0.2, 0.25) is 0 Å². The average molecular weight is 381 g/mol. The molecule has 1 aromatic carbocycles. The number of nitrogens with zero attached hydrogens (tertiary/aromatic N) is 3. The summed E-state index contributed by atoms with van der Waals surface area (Å²) in [5.74, 6) is -0.0670. The molecule has 0 aliphatic carbocycles. The monoisotopic (exact) mass is 380 g/mol. The van der Waals surface area contributed by atoms with Gasteiger partial charge >= 0.3 is 6.03 Å². The van der Waals surface area contributed by atoms with Crippen LogP contribution in [0.3, 0.4) is 0 Å². The Balaban J connectivity index is 0.00000243. The van der Waals surface area contributed by atoms with Crippen LogP contribution in [0.5, 0.6) is 0 Å². The van der Waals surface area contributed by atoms with Crippen LogP contribution in [0, 0.1) is 0 Å². The molecule has 6 nitrogen and oxygen atoms in total.